The van der Waals surface area contributed by atoms with Crippen LogP contribution in [-0.2, 0) is 5.72 Å². The van der Waals surface area contributed by atoms with Gasteiger partial charge in [0.15, 0.2) is 11.4 Å². The van der Waals surface area contributed by atoms with Crippen molar-refractivity contribution in [2.24, 2.45) is 5.92 Å². The van der Waals surface area contributed by atoms with Crippen molar-refractivity contribution in [2.75, 3.05) is 0 Å². The number of aromatic nitrogens is 3. The van der Waals surface area contributed by atoms with Gasteiger partial charge in [-0.1, -0.05) is 18.6 Å². The van der Waals surface area contributed by atoms with Crippen LogP contribution in [0, 0.1) is 5.92 Å². The predicted molar refractivity (Wildman–Crippen MR) is 54.8 cm³/mol. The Bertz CT molecular complexity index is 404. The third-order valence-corrected chi connectivity index (χ3v) is 3.33. The van der Waals surface area contributed by atoms with Crippen LogP contribution in [0.2, 0.25) is 0 Å². The smallest absolute Gasteiger partial charge is 0.358 e. The van der Waals surface area contributed by atoms with Crippen LogP contribution in [0.4, 0.5) is 0 Å². The first-order chi connectivity index (χ1) is 7.54. The molecule has 0 radical (unpaired) electrons. The Hall–Kier alpha value is -1.43. The van der Waals surface area contributed by atoms with Crippen molar-refractivity contribution >= 4 is 5.97 Å². The minimum atomic E-state index is -1.13. The number of carboxylic acid groups (broad SMARTS) is 1. The highest BCUT2D eigenvalue weighted by molar-refractivity contribution is 5.84. The monoisotopic (exact) mass is 225 g/mol. The second-order valence-corrected chi connectivity index (χ2v) is 4.38. The van der Waals surface area contributed by atoms with E-state index in [4.69, 9.17) is 5.11 Å². The van der Waals surface area contributed by atoms with Gasteiger partial charge in [-0.2, -0.15) is 0 Å². The number of hydrogen-bond donors (Lipinski definition) is 2. The van der Waals surface area contributed by atoms with E-state index in [9.17, 15) is 9.90 Å². The first-order valence-electron chi connectivity index (χ1n) is 5.42. The minimum absolute atomic E-state index is 0.0598. The van der Waals surface area contributed by atoms with Gasteiger partial charge in [0, 0.05) is 5.92 Å². The predicted octanol–water partition coefficient (Wildman–Crippen LogP) is 0.831. The molecule has 0 saturated heterocycles. The van der Waals surface area contributed by atoms with Crippen LogP contribution < -0.4 is 0 Å². The van der Waals surface area contributed by atoms with Gasteiger partial charge in [0.25, 0.3) is 0 Å². The SMILES string of the molecule is C[C@H]1CCCC[C@@]1(O)n1cc(C(=O)O)nn1. The van der Waals surface area contributed by atoms with Gasteiger partial charge in [0.2, 0.25) is 0 Å². The number of carbonyl (C=O) groups is 1. The largest absolute Gasteiger partial charge is 0.476 e. The van der Waals surface area contributed by atoms with Crippen molar-refractivity contribution in [1.29, 1.82) is 0 Å². The Kier molecular flexibility index (Phi) is 2.67. The van der Waals surface area contributed by atoms with Crippen molar-refractivity contribution in [3.05, 3.63) is 11.9 Å². The number of hydrogen-bond acceptors (Lipinski definition) is 4. The summed E-state index contributed by atoms with van der Waals surface area (Å²) in [7, 11) is 0. The Balaban J connectivity index is 2.30. The lowest BCUT2D eigenvalue weighted by Gasteiger charge is -2.37. The normalized spacial score (nSPS) is 30.2. The van der Waals surface area contributed by atoms with E-state index in [2.05, 4.69) is 10.3 Å². The summed E-state index contributed by atoms with van der Waals surface area (Å²) >= 11 is 0. The maximum atomic E-state index is 10.7. The first-order valence-corrected chi connectivity index (χ1v) is 5.42. The molecule has 6 heteroatoms. The summed E-state index contributed by atoms with van der Waals surface area (Å²) in [6.45, 7) is 1.95. The van der Waals surface area contributed by atoms with Crippen LogP contribution in [-0.4, -0.2) is 31.2 Å². The van der Waals surface area contributed by atoms with Gasteiger partial charge in [-0.05, 0) is 19.3 Å². The number of nitrogens with zero attached hydrogens (tertiary/aromatic N) is 3. The molecular weight excluding hydrogens is 210 g/mol. The van der Waals surface area contributed by atoms with E-state index < -0.39 is 11.7 Å². The van der Waals surface area contributed by atoms with E-state index in [1.165, 1.54) is 10.9 Å². The average molecular weight is 225 g/mol. The molecule has 0 aromatic carbocycles. The number of aromatic carboxylic acids is 1. The van der Waals surface area contributed by atoms with Crippen molar-refractivity contribution in [3.63, 3.8) is 0 Å². The molecule has 1 aromatic heterocycles. The highest BCUT2D eigenvalue weighted by Crippen LogP contribution is 2.36. The van der Waals surface area contributed by atoms with E-state index in [1.54, 1.807) is 0 Å². The Morgan fingerprint density at radius 2 is 2.38 bits per heavy atom. The summed E-state index contributed by atoms with van der Waals surface area (Å²) < 4.78 is 1.29. The molecule has 0 aliphatic heterocycles. The maximum absolute atomic E-state index is 10.7. The average Bonchev–Trinajstić information content (AvgIpc) is 2.72. The zero-order valence-electron chi connectivity index (χ0n) is 9.13. The fraction of sp³-hybridized carbons (Fsp3) is 0.700. The zero-order chi connectivity index (χ0) is 11.8. The van der Waals surface area contributed by atoms with Gasteiger partial charge in [-0.3, -0.25) is 0 Å². The van der Waals surface area contributed by atoms with Gasteiger partial charge in [0.05, 0.1) is 6.20 Å². The summed E-state index contributed by atoms with van der Waals surface area (Å²) in [6.07, 6.45) is 4.81. The molecule has 1 fully saturated rings. The quantitative estimate of drug-likeness (QED) is 0.778. The highest BCUT2D eigenvalue weighted by Gasteiger charge is 2.39. The van der Waals surface area contributed by atoms with Crippen LogP contribution in [0.15, 0.2) is 6.20 Å². The summed E-state index contributed by atoms with van der Waals surface area (Å²) in [6, 6.07) is 0. The van der Waals surface area contributed by atoms with Crippen molar-refractivity contribution in [2.45, 2.75) is 38.3 Å². The van der Waals surface area contributed by atoms with Crippen molar-refractivity contribution in [1.82, 2.24) is 15.0 Å². The molecule has 1 aliphatic carbocycles. The van der Waals surface area contributed by atoms with Gasteiger partial charge in [-0.15, -0.1) is 5.10 Å². The molecular formula is C10H15N3O3. The third kappa shape index (κ3) is 1.69. The van der Waals surface area contributed by atoms with E-state index in [1.807, 2.05) is 6.92 Å². The zero-order valence-corrected chi connectivity index (χ0v) is 9.13. The summed E-state index contributed by atoms with van der Waals surface area (Å²) in [4.78, 5) is 10.7. The lowest BCUT2D eigenvalue weighted by Crippen LogP contribution is -2.42. The molecule has 6 nitrogen and oxygen atoms in total. The molecule has 88 valence electrons. The summed E-state index contributed by atoms with van der Waals surface area (Å²) in [5.41, 5.74) is -1.22. The molecule has 1 aliphatic rings. The van der Waals surface area contributed by atoms with Crippen LogP contribution in [0.5, 0.6) is 0 Å². The van der Waals surface area contributed by atoms with Gasteiger partial charge in [0.1, 0.15) is 0 Å². The second kappa shape index (κ2) is 3.86. The Labute approximate surface area is 92.9 Å². The molecule has 16 heavy (non-hydrogen) atoms. The van der Waals surface area contributed by atoms with Crippen LogP contribution >= 0.6 is 0 Å². The molecule has 0 bridgehead atoms. The van der Waals surface area contributed by atoms with Gasteiger partial charge < -0.3 is 10.2 Å². The number of aliphatic hydroxyl groups is 1. The summed E-state index contributed by atoms with van der Waals surface area (Å²) in [5, 5.41) is 26.5. The molecule has 0 spiro atoms. The molecule has 2 rings (SSSR count). The number of carboxylic acids is 1. The molecule has 1 heterocycles. The molecule has 1 aromatic rings. The molecule has 1 saturated carbocycles. The number of rotatable bonds is 2. The van der Waals surface area contributed by atoms with Gasteiger partial charge >= 0.3 is 5.97 Å². The molecule has 0 amide bonds. The lowest BCUT2D eigenvalue weighted by atomic mass is 9.82. The first kappa shape index (κ1) is 11.1. The van der Waals surface area contributed by atoms with Crippen molar-refractivity contribution in [3.8, 4) is 0 Å². The fourth-order valence-corrected chi connectivity index (χ4v) is 2.20. The van der Waals surface area contributed by atoms with Crippen LogP contribution in [0.1, 0.15) is 43.1 Å². The minimum Gasteiger partial charge on any atom is -0.476 e. The van der Waals surface area contributed by atoms with Crippen molar-refractivity contribution < 1.29 is 15.0 Å². The Morgan fingerprint density at radius 3 is 2.94 bits per heavy atom. The second-order valence-electron chi connectivity index (χ2n) is 4.38. The fourth-order valence-electron chi connectivity index (χ4n) is 2.20. The molecule has 2 atom stereocenters. The molecule has 2 N–H and O–H groups in total. The van der Waals surface area contributed by atoms with E-state index in [0.717, 1.165) is 19.3 Å². The summed E-state index contributed by atoms with van der Waals surface area (Å²) in [5.74, 6) is -1.07. The van der Waals surface area contributed by atoms with Gasteiger partial charge in [-0.25, -0.2) is 9.48 Å². The van der Waals surface area contributed by atoms with E-state index in [0.29, 0.717) is 6.42 Å². The van der Waals surface area contributed by atoms with E-state index in [-0.39, 0.29) is 11.6 Å². The topological polar surface area (TPSA) is 88.2 Å². The highest BCUT2D eigenvalue weighted by atomic mass is 16.4. The lowest BCUT2D eigenvalue weighted by molar-refractivity contribution is -0.121. The Morgan fingerprint density at radius 1 is 1.62 bits per heavy atom. The van der Waals surface area contributed by atoms with Crippen LogP contribution in [0.3, 0.4) is 0 Å². The maximum Gasteiger partial charge on any atom is 0.358 e. The van der Waals surface area contributed by atoms with E-state index >= 15 is 0 Å². The third-order valence-electron chi connectivity index (χ3n) is 3.33. The van der Waals surface area contributed by atoms with Crippen LogP contribution in [0.25, 0.3) is 0 Å². The standard InChI is InChI=1S/C10H15N3O3/c1-7-4-2-3-5-10(7,16)13-6-8(9(14)15)11-12-13/h6-7,16H,2-5H2,1H3,(H,14,15)/t7-,10-/m0/s1. The molecule has 0 unspecified atom stereocenters.